The lowest BCUT2D eigenvalue weighted by molar-refractivity contribution is -0.141. The average molecular weight is 618 g/mol. The predicted octanol–water partition coefficient (Wildman–Crippen LogP) is 5.80. The highest BCUT2D eigenvalue weighted by Gasteiger charge is 2.35. The number of carbonyl (C=O) groups is 2. The summed E-state index contributed by atoms with van der Waals surface area (Å²) in [5.41, 5.74) is 0.230. The third-order valence-corrected chi connectivity index (χ3v) is 8.46. The topological polar surface area (TPSA) is 96.0 Å². The van der Waals surface area contributed by atoms with E-state index in [4.69, 9.17) is 16.3 Å². The largest absolute Gasteiger partial charge is 0.494 e. The van der Waals surface area contributed by atoms with Crippen molar-refractivity contribution in [2.75, 3.05) is 17.5 Å². The lowest BCUT2D eigenvalue weighted by atomic mass is 10.1. The molecule has 11 heteroatoms. The van der Waals surface area contributed by atoms with Gasteiger partial charge in [0.05, 0.1) is 17.2 Å². The van der Waals surface area contributed by atoms with Gasteiger partial charge in [-0.25, -0.2) is 12.8 Å². The first-order valence-corrected chi connectivity index (χ1v) is 15.4. The number of rotatable bonds is 12. The van der Waals surface area contributed by atoms with Crippen LogP contribution in [0.4, 0.5) is 10.1 Å². The summed E-state index contributed by atoms with van der Waals surface area (Å²) in [5.74, 6) is -1.07. The van der Waals surface area contributed by atoms with E-state index in [-0.39, 0.29) is 29.5 Å². The predicted molar refractivity (Wildman–Crippen MR) is 163 cm³/mol. The number of ether oxygens (including phenoxy) is 1. The first-order valence-electron chi connectivity index (χ1n) is 13.6. The molecule has 0 bridgehead atoms. The second kappa shape index (κ2) is 14.0. The van der Waals surface area contributed by atoms with Crippen molar-refractivity contribution in [1.82, 2.24) is 10.2 Å². The molecule has 1 N–H and O–H groups in total. The summed E-state index contributed by atoms with van der Waals surface area (Å²) in [5, 5.41) is 3.33. The van der Waals surface area contributed by atoms with Crippen molar-refractivity contribution in [2.24, 2.45) is 0 Å². The van der Waals surface area contributed by atoms with Crippen LogP contribution in [0.25, 0.3) is 0 Å². The molecule has 0 heterocycles. The number of amides is 2. The number of hydrogen-bond donors (Lipinski definition) is 1. The van der Waals surface area contributed by atoms with Crippen LogP contribution in [0.2, 0.25) is 5.02 Å². The number of carbonyl (C=O) groups excluding carboxylic acids is 2. The van der Waals surface area contributed by atoms with Crippen LogP contribution < -0.4 is 14.4 Å². The highest BCUT2D eigenvalue weighted by atomic mass is 35.5. The van der Waals surface area contributed by atoms with Crippen molar-refractivity contribution in [3.05, 3.63) is 89.2 Å². The summed E-state index contributed by atoms with van der Waals surface area (Å²) < 4.78 is 47.9. The summed E-state index contributed by atoms with van der Waals surface area (Å²) in [6.07, 6.45) is 0.270. The van der Waals surface area contributed by atoms with Crippen LogP contribution in [-0.2, 0) is 26.2 Å². The smallest absolute Gasteiger partial charge is 0.264 e. The van der Waals surface area contributed by atoms with Crippen molar-refractivity contribution in [3.8, 4) is 5.75 Å². The van der Waals surface area contributed by atoms with Crippen LogP contribution in [-0.4, -0.2) is 49.9 Å². The molecule has 0 saturated heterocycles. The van der Waals surface area contributed by atoms with E-state index in [9.17, 15) is 22.4 Å². The average Bonchev–Trinajstić information content (AvgIpc) is 2.92. The molecule has 0 spiro atoms. The van der Waals surface area contributed by atoms with Crippen molar-refractivity contribution in [3.63, 3.8) is 0 Å². The fourth-order valence-corrected chi connectivity index (χ4v) is 5.93. The summed E-state index contributed by atoms with van der Waals surface area (Å²) >= 11 is 6.43. The molecule has 42 heavy (non-hydrogen) atoms. The molecular formula is C31H37ClFN3O5S. The van der Waals surface area contributed by atoms with Gasteiger partial charge in [-0.2, -0.15) is 0 Å². The molecule has 226 valence electrons. The van der Waals surface area contributed by atoms with E-state index < -0.39 is 39.9 Å². The third kappa shape index (κ3) is 8.45. The van der Waals surface area contributed by atoms with Gasteiger partial charge in [-0.1, -0.05) is 36.7 Å². The molecule has 0 saturated carbocycles. The highest BCUT2D eigenvalue weighted by Crippen LogP contribution is 2.27. The Kier molecular flexibility index (Phi) is 11.0. The first-order chi connectivity index (χ1) is 19.8. The zero-order valence-electron chi connectivity index (χ0n) is 24.4. The molecule has 0 aliphatic carbocycles. The standard InChI is InChI=1S/C31H37ClFN3O5S/c1-6-28(30(38)34-31(3,4)5)35(20-22-10-8-9-11-27(22)32)29(37)21-36(24-14-16-25(17-15-24)41-7-2)42(39,40)26-18-12-23(33)13-19-26/h8-19,28H,6-7,20-21H2,1-5H3,(H,34,38). The molecule has 0 aliphatic heterocycles. The summed E-state index contributed by atoms with van der Waals surface area (Å²) in [4.78, 5) is 28.7. The number of sulfonamides is 1. The lowest BCUT2D eigenvalue weighted by Crippen LogP contribution is -2.55. The molecule has 3 aromatic rings. The Labute approximate surface area is 252 Å². The first kappa shape index (κ1) is 32.9. The number of nitrogens with one attached hydrogen (secondary N) is 1. The van der Waals surface area contributed by atoms with E-state index in [1.54, 1.807) is 43.3 Å². The van der Waals surface area contributed by atoms with Gasteiger partial charge in [0.1, 0.15) is 24.2 Å². The van der Waals surface area contributed by atoms with Crippen molar-refractivity contribution >= 4 is 39.1 Å². The Balaban J connectivity index is 2.08. The van der Waals surface area contributed by atoms with Crippen LogP contribution in [0.15, 0.2) is 77.7 Å². The molecule has 1 atom stereocenters. The molecular weight excluding hydrogens is 581 g/mol. The van der Waals surface area contributed by atoms with Crippen LogP contribution in [0.3, 0.4) is 0 Å². The molecule has 3 rings (SSSR count). The summed E-state index contributed by atoms with van der Waals surface area (Å²) in [7, 11) is -4.34. The minimum Gasteiger partial charge on any atom is -0.494 e. The zero-order valence-corrected chi connectivity index (χ0v) is 26.0. The maximum absolute atomic E-state index is 14.1. The monoisotopic (exact) mass is 617 g/mol. The minimum atomic E-state index is -4.34. The molecule has 0 radical (unpaired) electrons. The Hall–Kier alpha value is -3.63. The van der Waals surface area contributed by atoms with Gasteiger partial charge in [0.2, 0.25) is 11.8 Å². The molecule has 8 nitrogen and oxygen atoms in total. The maximum Gasteiger partial charge on any atom is 0.264 e. The fraction of sp³-hybridized carbons (Fsp3) is 0.355. The van der Waals surface area contributed by atoms with Crippen LogP contribution in [0.5, 0.6) is 5.75 Å². The Morgan fingerprint density at radius 3 is 2.14 bits per heavy atom. The van der Waals surface area contributed by atoms with Crippen LogP contribution in [0, 0.1) is 5.82 Å². The van der Waals surface area contributed by atoms with Crippen LogP contribution in [0.1, 0.15) is 46.6 Å². The van der Waals surface area contributed by atoms with Crippen molar-refractivity contribution in [2.45, 2.75) is 64.1 Å². The van der Waals surface area contributed by atoms with Gasteiger partial charge >= 0.3 is 0 Å². The van der Waals surface area contributed by atoms with Crippen molar-refractivity contribution in [1.29, 1.82) is 0 Å². The number of halogens is 2. The van der Waals surface area contributed by atoms with E-state index in [1.807, 2.05) is 27.7 Å². The van der Waals surface area contributed by atoms with Crippen molar-refractivity contribution < 1.29 is 27.1 Å². The van der Waals surface area contributed by atoms with Gasteiger partial charge in [0.25, 0.3) is 10.0 Å². The van der Waals surface area contributed by atoms with E-state index in [0.717, 1.165) is 28.6 Å². The summed E-state index contributed by atoms with van der Waals surface area (Å²) in [6, 6.07) is 16.7. The Bertz CT molecular complexity index is 1480. The van der Waals surface area contributed by atoms with E-state index in [1.165, 1.54) is 17.0 Å². The van der Waals surface area contributed by atoms with E-state index in [2.05, 4.69) is 5.32 Å². The molecule has 0 aromatic heterocycles. The molecule has 0 fully saturated rings. The maximum atomic E-state index is 14.1. The minimum absolute atomic E-state index is 0.0255. The molecule has 0 aliphatic rings. The number of nitrogens with zero attached hydrogens (tertiary/aromatic N) is 2. The second-order valence-electron chi connectivity index (χ2n) is 10.7. The van der Waals surface area contributed by atoms with Gasteiger partial charge in [0.15, 0.2) is 0 Å². The molecule has 2 amide bonds. The van der Waals surface area contributed by atoms with Gasteiger partial charge in [-0.05, 0) is 94.3 Å². The number of hydrogen-bond acceptors (Lipinski definition) is 5. The fourth-order valence-electron chi connectivity index (χ4n) is 4.32. The molecule has 3 aromatic carbocycles. The van der Waals surface area contributed by atoms with Gasteiger partial charge < -0.3 is 15.0 Å². The van der Waals surface area contributed by atoms with Gasteiger partial charge in [0, 0.05) is 17.1 Å². The number of anilines is 1. The Morgan fingerprint density at radius 2 is 1.60 bits per heavy atom. The molecule has 1 unspecified atom stereocenters. The zero-order chi connectivity index (χ0) is 31.1. The highest BCUT2D eigenvalue weighted by molar-refractivity contribution is 7.92. The Morgan fingerprint density at radius 1 is 0.976 bits per heavy atom. The van der Waals surface area contributed by atoms with Gasteiger partial charge in [-0.15, -0.1) is 0 Å². The quantitative estimate of drug-likeness (QED) is 0.277. The normalized spacial score (nSPS) is 12.4. The summed E-state index contributed by atoms with van der Waals surface area (Å²) in [6.45, 7) is 8.87. The van der Waals surface area contributed by atoms with Crippen LogP contribution >= 0.6 is 11.6 Å². The third-order valence-electron chi connectivity index (χ3n) is 6.30. The van der Waals surface area contributed by atoms with E-state index in [0.29, 0.717) is 22.9 Å². The SMILES string of the molecule is CCOc1ccc(N(CC(=O)N(Cc2ccccc2Cl)C(CC)C(=O)NC(C)(C)C)S(=O)(=O)c2ccc(F)cc2)cc1. The second-order valence-corrected chi connectivity index (χ2v) is 12.9. The van der Waals surface area contributed by atoms with Gasteiger partial charge in [-0.3, -0.25) is 13.9 Å². The number of benzene rings is 3. The van der Waals surface area contributed by atoms with E-state index >= 15 is 0 Å². The lowest BCUT2D eigenvalue weighted by Gasteiger charge is -2.35.